The van der Waals surface area contributed by atoms with E-state index >= 15 is 0 Å². The van der Waals surface area contributed by atoms with Crippen LogP contribution in [0.2, 0.25) is 0 Å². The first kappa shape index (κ1) is 14.3. The Morgan fingerprint density at radius 1 is 1.44 bits per heavy atom. The lowest BCUT2D eigenvalue weighted by Gasteiger charge is -2.19. The molecule has 1 heterocycles. The van der Waals surface area contributed by atoms with Gasteiger partial charge in [0.2, 0.25) is 0 Å². The minimum atomic E-state index is -0.456. The maximum absolute atomic E-state index is 11.3. The standard InChI is InChI=1S/C13H21N3O2/c1-13(2,3)18-12(17)15-8-4-5-11-7-6-10(14)9-16-11/h6-7,9H,4-5,8,14H2,1-3H3,(H,15,17). The van der Waals surface area contributed by atoms with E-state index in [0.29, 0.717) is 12.2 Å². The number of ether oxygens (including phenoxy) is 1. The van der Waals surface area contributed by atoms with E-state index in [0.717, 1.165) is 18.5 Å². The number of pyridine rings is 1. The van der Waals surface area contributed by atoms with Gasteiger partial charge in [-0.1, -0.05) is 0 Å². The van der Waals surface area contributed by atoms with Gasteiger partial charge in [0, 0.05) is 12.2 Å². The first-order valence-electron chi connectivity index (χ1n) is 6.04. The number of anilines is 1. The summed E-state index contributed by atoms with van der Waals surface area (Å²) >= 11 is 0. The lowest BCUT2D eigenvalue weighted by atomic mass is 10.2. The summed E-state index contributed by atoms with van der Waals surface area (Å²) in [4.78, 5) is 15.5. The fourth-order valence-electron chi connectivity index (χ4n) is 1.36. The number of aromatic nitrogens is 1. The van der Waals surface area contributed by atoms with Crippen molar-refractivity contribution in [2.75, 3.05) is 12.3 Å². The second-order valence-corrected chi connectivity index (χ2v) is 5.12. The number of carbonyl (C=O) groups is 1. The molecule has 5 nitrogen and oxygen atoms in total. The summed E-state index contributed by atoms with van der Waals surface area (Å²) in [6.07, 6.45) is 2.87. The molecule has 1 rings (SSSR count). The van der Waals surface area contributed by atoms with Crippen LogP contribution >= 0.6 is 0 Å². The van der Waals surface area contributed by atoms with Crippen molar-refractivity contribution in [2.45, 2.75) is 39.2 Å². The fraction of sp³-hybridized carbons (Fsp3) is 0.538. The third kappa shape index (κ3) is 6.08. The topological polar surface area (TPSA) is 77.2 Å². The van der Waals surface area contributed by atoms with E-state index in [1.165, 1.54) is 0 Å². The van der Waals surface area contributed by atoms with Gasteiger partial charge in [0.05, 0.1) is 11.9 Å². The molecule has 0 aliphatic carbocycles. The molecule has 0 atom stereocenters. The number of carbonyl (C=O) groups excluding carboxylic acids is 1. The third-order valence-electron chi connectivity index (χ3n) is 2.13. The largest absolute Gasteiger partial charge is 0.444 e. The van der Waals surface area contributed by atoms with Crippen molar-refractivity contribution in [2.24, 2.45) is 0 Å². The van der Waals surface area contributed by atoms with Crippen LogP contribution < -0.4 is 11.1 Å². The lowest BCUT2D eigenvalue weighted by Crippen LogP contribution is -2.33. The Morgan fingerprint density at radius 3 is 2.72 bits per heavy atom. The highest BCUT2D eigenvalue weighted by atomic mass is 16.6. The number of hydrogen-bond donors (Lipinski definition) is 2. The molecule has 0 fully saturated rings. The number of nitrogens with one attached hydrogen (secondary N) is 1. The molecule has 0 aromatic carbocycles. The molecule has 18 heavy (non-hydrogen) atoms. The Morgan fingerprint density at radius 2 is 2.17 bits per heavy atom. The second-order valence-electron chi connectivity index (χ2n) is 5.12. The van der Waals surface area contributed by atoms with E-state index in [9.17, 15) is 4.79 Å². The highest BCUT2D eigenvalue weighted by Gasteiger charge is 2.15. The molecule has 0 aliphatic heterocycles. The van der Waals surface area contributed by atoms with E-state index in [1.807, 2.05) is 32.9 Å². The van der Waals surface area contributed by atoms with Gasteiger partial charge in [-0.3, -0.25) is 4.98 Å². The van der Waals surface area contributed by atoms with Crippen LogP contribution in [-0.4, -0.2) is 23.2 Å². The SMILES string of the molecule is CC(C)(C)OC(=O)NCCCc1ccc(N)cn1. The Kier molecular flexibility index (Phi) is 4.95. The highest BCUT2D eigenvalue weighted by molar-refractivity contribution is 5.67. The Hall–Kier alpha value is -1.78. The van der Waals surface area contributed by atoms with Crippen molar-refractivity contribution in [3.8, 4) is 0 Å². The van der Waals surface area contributed by atoms with Crippen LogP contribution in [0.15, 0.2) is 18.3 Å². The number of alkyl carbamates (subject to hydrolysis) is 1. The molecule has 0 spiro atoms. The number of nitrogens with two attached hydrogens (primary N) is 1. The zero-order valence-corrected chi connectivity index (χ0v) is 11.2. The molecular formula is C13H21N3O2. The van der Waals surface area contributed by atoms with Crippen molar-refractivity contribution >= 4 is 11.8 Å². The maximum Gasteiger partial charge on any atom is 0.407 e. The average Bonchev–Trinajstić information content (AvgIpc) is 2.24. The van der Waals surface area contributed by atoms with Gasteiger partial charge in [-0.2, -0.15) is 0 Å². The summed E-state index contributed by atoms with van der Waals surface area (Å²) in [5, 5.41) is 2.71. The number of hydrogen-bond acceptors (Lipinski definition) is 4. The Bertz CT molecular complexity index is 382. The van der Waals surface area contributed by atoms with Crippen molar-refractivity contribution in [3.63, 3.8) is 0 Å². The van der Waals surface area contributed by atoms with Crippen LogP contribution in [-0.2, 0) is 11.2 Å². The maximum atomic E-state index is 11.3. The molecule has 1 aromatic heterocycles. The Labute approximate surface area is 108 Å². The van der Waals surface area contributed by atoms with Gasteiger partial charge in [0.15, 0.2) is 0 Å². The summed E-state index contributed by atoms with van der Waals surface area (Å²) in [5.74, 6) is 0. The summed E-state index contributed by atoms with van der Waals surface area (Å²) in [6.45, 7) is 6.08. The first-order chi connectivity index (χ1) is 8.37. The molecule has 1 aromatic rings. The number of rotatable bonds is 4. The van der Waals surface area contributed by atoms with Gasteiger partial charge < -0.3 is 15.8 Å². The highest BCUT2D eigenvalue weighted by Crippen LogP contribution is 2.06. The van der Waals surface area contributed by atoms with E-state index < -0.39 is 5.60 Å². The minimum absolute atomic E-state index is 0.382. The number of aryl methyl sites for hydroxylation is 1. The number of amides is 1. The molecule has 0 radical (unpaired) electrons. The average molecular weight is 251 g/mol. The van der Waals surface area contributed by atoms with Gasteiger partial charge in [-0.15, -0.1) is 0 Å². The lowest BCUT2D eigenvalue weighted by molar-refractivity contribution is 0.0527. The van der Waals surface area contributed by atoms with E-state index in [2.05, 4.69) is 10.3 Å². The van der Waals surface area contributed by atoms with Gasteiger partial charge >= 0.3 is 6.09 Å². The van der Waals surface area contributed by atoms with Crippen LogP contribution in [0.25, 0.3) is 0 Å². The van der Waals surface area contributed by atoms with E-state index in [-0.39, 0.29) is 6.09 Å². The van der Waals surface area contributed by atoms with Crippen LogP contribution in [0, 0.1) is 0 Å². The number of nitrogen functional groups attached to an aromatic ring is 1. The predicted molar refractivity (Wildman–Crippen MR) is 71.2 cm³/mol. The Balaban J connectivity index is 2.19. The van der Waals surface area contributed by atoms with Gasteiger partial charge in [0.25, 0.3) is 0 Å². The molecular weight excluding hydrogens is 230 g/mol. The van der Waals surface area contributed by atoms with Gasteiger partial charge in [0.1, 0.15) is 5.60 Å². The summed E-state index contributed by atoms with van der Waals surface area (Å²) in [6, 6.07) is 3.71. The summed E-state index contributed by atoms with van der Waals surface area (Å²) in [7, 11) is 0. The zero-order chi connectivity index (χ0) is 13.6. The van der Waals surface area contributed by atoms with E-state index in [4.69, 9.17) is 10.5 Å². The molecule has 3 N–H and O–H groups in total. The number of nitrogens with zero attached hydrogens (tertiary/aromatic N) is 1. The van der Waals surface area contributed by atoms with Crippen molar-refractivity contribution in [1.29, 1.82) is 0 Å². The van der Waals surface area contributed by atoms with Crippen molar-refractivity contribution in [3.05, 3.63) is 24.0 Å². The smallest absolute Gasteiger partial charge is 0.407 e. The van der Waals surface area contributed by atoms with E-state index in [1.54, 1.807) is 6.20 Å². The molecule has 0 aliphatic rings. The monoisotopic (exact) mass is 251 g/mol. The predicted octanol–water partition coefficient (Wildman–Crippen LogP) is 2.12. The van der Waals surface area contributed by atoms with Crippen molar-refractivity contribution < 1.29 is 9.53 Å². The molecule has 0 saturated carbocycles. The van der Waals surface area contributed by atoms with Gasteiger partial charge in [-0.25, -0.2) is 4.79 Å². The third-order valence-corrected chi connectivity index (χ3v) is 2.13. The molecule has 5 heteroatoms. The van der Waals surface area contributed by atoms with Crippen LogP contribution in [0.1, 0.15) is 32.9 Å². The fourth-order valence-corrected chi connectivity index (χ4v) is 1.36. The second kappa shape index (κ2) is 6.23. The molecule has 1 amide bonds. The summed E-state index contributed by atoms with van der Waals surface area (Å²) < 4.78 is 5.12. The molecule has 0 bridgehead atoms. The normalized spacial score (nSPS) is 11.1. The summed E-state index contributed by atoms with van der Waals surface area (Å²) in [5.41, 5.74) is 6.71. The van der Waals surface area contributed by atoms with Crippen LogP contribution in [0.4, 0.5) is 10.5 Å². The zero-order valence-electron chi connectivity index (χ0n) is 11.2. The van der Waals surface area contributed by atoms with Gasteiger partial charge in [-0.05, 0) is 45.7 Å². The molecule has 0 unspecified atom stereocenters. The quantitative estimate of drug-likeness (QED) is 0.803. The first-order valence-corrected chi connectivity index (χ1v) is 6.04. The van der Waals surface area contributed by atoms with Crippen LogP contribution in [0.3, 0.4) is 0 Å². The minimum Gasteiger partial charge on any atom is -0.444 e. The van der Waals surface area contributed by atoms with Crippen molar-refractivity contribution in [1.82, 2.24) is 10.3 Å². The van der Waals surface area contributed by atoms with Crippen LogP contribution in [0.5, 0.6) is 0 Å². The molecule has 100 valence electrons. The molecule has 0 saturated heterocycles.